The molecule has 25 heavy (non-hydrogen) atoms. The van der Waals surface area contributed by atoms with Crippen LogP contribution >= 0.6 is 24.8 Å². The quantitative estimate of drug-likeness (QED) is 0.624. The number of halogens is 2. The Balaban J connectivity index is 0. The normalized spacial score (nSPS) is 20.6. The van der Waals surface area contributed by atoms with Crippen molar-refractivity contribution in [2.75, 3.05) is 7.11 Å². The van der Waals surface area contributed by atoms with E-state index in [9.17, 15) is 9.59 Å². The van der Waals surface area contributed by atoms with Gasteiger partial charge in [-0.05, 0) is 37.5 Å². The van der Waals surface area contributed by atoms with Crippen LogP contribution in [-0.4, -0.2) is 36.2 Å². The summed E-state index contributed by atoms with van der Waals surface area (Å²) in [6, 6.07) is -1.02. The summed E-state index contributed by atoms with van der Waals surface area (Å²) in [6.07, 6.45) is 11.4. The van der Waals surface area contributed by atoms with E-state index in [2.05, 4.69) is 4.74 Å². The Morgan fingerprint density at radius 1 is 0.840 bits per heavy atom. The molecule has 6 nitrogen and oxygen atoms in total. The van der Waals surface area contributed by atoms with E-state index in [0.29, 0.717) is 5.92 Å². The molecule has 0 aromatic rings. The number of carboxylic acids is 1. The molecule has 0 radical (unpaired) electrons. The number of hydrogen-bond donors (Lipinski definition) is 3. The third-order valence-electron chi connectivity index (χ3n) is 5.07. The molecule has 2 aliphatic rings. The Kier molecular flexibility index (Phi) is 15.6. The van der Waals surface area contributed by atoms with E-state index in [1.165, 1.54) is 32.8 Å². The first-order valence-corrected chi connectivity index (χ1v) is 8.79. The smallest absolute Gasteiger partial charge is 0.322 e. The molecule has 0 spiro atoms. The van der Waals surface area contributed by atoms with Crippen molar-refractivity contribution in [1.29, 1.82) is 0 Å². The number of nitrogens with two attached hydrogens (primary N) is 2. The number of esters is 1. The van der Waals surface area contributed by atoms with Gasteiger partial charge in [0.05, 0.1) is 7.11 Å². The van der Waals surface area contributed by atoms with E-state index in [0.717, 1.165) is 38.5 Å². The van der Waals surface area contributed by atoms with E-state index in [4.69, 9.17) is 16.6 Å². The van der Waals surface area contributed by atoms with E-state index in [1.54, 1.807) is 0 Å². The molecule has 2 saturated carbocycles. The van der Waals surface area contributed by atoms with Crippen LogP contribution in [-0.2, 0) is 14.3 Å². The Morgan fingerprint density at radius 2 is 1.20 bits per heavy atom. The van der Waals surface area contributed by atoms with Gasteiger partial charge in [-0.25, -0.2) is 0 Å². The van der Waals surface area contributed by atoms with Crippen LogP contribution in [0.25, 0.3) is 0 Å². The summed E-state index contributed by atoms with van der Waals surface area (Å²) >= 11 is 0. The maximum atomic E-state index is 11.1. The fourth-order valence-corrected chi connectivity index (χ4v) is 3.52. The van der Waals surface area contributed by atoms with E-state index >= 15 is 0 Å². The Hall–Kier alpha value is -0.560. The van der Waals surface area contributed by atoms with Crippen molar-refractivity contribution in [3.8, 4) is 0 Å². The molecule has 150 valence electrons. The molecule has 0 heterocycles. The predicted molar refractivity (Wildman–Crippen MR) is 103 cm³/mol. The fourth-order valence-electron chi connectivity index (χ4n) is 3.52. The standard InChI is InChI=1S/C9H17NO2.C8H15NO2.2ClH/c1-12-9(11)8(10)7-5-3-2-4-6-7;9-7(8(10)11)6-4-2-1-3-5-6;;/h7-8H,2-6,10H2,1H3;6-7H,1-5,9H2,(H,10,11);2*1H/t8-;7-;;/m11../s1. The lowest BCUT2D eigenvalue weighted by Gasteiger charge is -2.25. The van der Waals surface area contributed by atoms with Gasteiger partial charge in [0, 0.05) is 0 Å². The molecule has 0 aromatic carbocycles. The summed E-state index contributed by atoms with van der Waals surface area (Å²) < 4.78 is 4.60. The minimum absolute atomic E-state index is 0. The fraction of sp³-hybridized carbons (Fsp3) is 0.882. The number of aliphatic carboxylic acids is 1. The summed E-state index contributed by atoms with van der Waals surface area (Å²) in [6.45, 7) is 0. The number of carbonyl (C=O) groups excluding carboxylic acids is 1. The molecular formula is C17H34Cl2N2O4. The highest BCUT2D eigenvalue weighted by molar-refractivity contribution is 5.85. The summed E-state index contributed by atoms with van der Waals surface area (Å²) in [4.78, 5) is 21.5. The van der Waals surface area contributed by atoms with Crippen molar-refractivity contribution in [1.82, 2.24) is 0 Å². The first kappa shape index (κ1) is 26.7. The van der Waals surface area contributed by atoms with Gasteiger partial charge in [-0.15, -0.1) is 24.8 Å². The zero-order valence-corrected chi connectivity index (χ0v) is 16.7. The van der Waals surface area contributed by atoms with E-state index < -0.39 is 18.1 Å². The van der Waals surface area contributed by atoms with E-state index in [-0.39, 0.29) is 36.7 Å². The summed E-state index contributed by atoms with van der Waals surface area (Å²) in [5, 5.41) is 8.61. The minimum atomic E-state index is -0.850. The zero-order valence-electron chi connectivity index (χ0n) is 15.0. The molecule has 0 bridgehead atoms. The lowest BCUT2D eigenvalue weighted by molar-refractivity contribution is -0.144. The molecule has 0 unspecified atom stereocenters. The SMILES string of the molecule is COC(=O)[C@H](N)C1CCCCC1.Cl.Cl.N[C@@H](C(=O)O)C1CCCCC1. The van der Waals surface area contributed by atoms with Crippen molar-refractivity contribution in [3.63, 3.8) is 0 Å². The largest absolute Gasteiger partial charge is 0.480 e. The van der Waals surface area contributed by atoms with Gasteiger partial charge in [-0.3, -0.25) is 9.59 Å². The van der Waals surface area contributed by atoms with Crippen LogP contribution in [0.15, 0.2) is 0 Å². The van der Waals surface area contributed by atoms with Crippen LogP contribution in [0.2, 0.25) is 0 Å². The molecule has 0 amide bonds. The second-order valence-corrected chi connectivity index (χ2v) is 6.71. The number of ether oxygens (including phenoxy) is 1. The van der Waals surface area contributed by atoms with Crippen molar-refractivity contribution in [2.24, 2.45) is 23.3 Å². The topological polar surface area (TPSA) is 116 Å². The van der Waals surface area contributed by atoms with Crippen molar-refractivity contribution in [3.05, 3.63) is 0 Å². The lowest BCUT2D eigenvalue weighted by atomic mass is 9.84. The van der Waals surface area contributed by atoms with Gasteiger partial charge < -0.3 is 21.3 Å². The van der Waals surface area contributed by atoms with Crippen LogP contribution in [0, 0.1) is 11.8 Å². The highest BCUT2D eigenvalue weighted by Crippen LogP contribution is 2.26. The predicted octanol–water partition coefficient (Wildman–Crippen LogP) is 2.89. The first-order chi connectivity index (χ1) is 11.0. The third-order valence-corrected chi connectivity index (χ3v) is 5.07. The molecule has 0 saturated heterocycles. The zero-order chi connectivity index (χ0) is 17.2. The highest BCUT2D eigenvalue weighted by atomic mass is 35.5. The Bertz CT molecular complexity index is 374. The van der Waals surface area contributed by atoms with Gasteiger partial charge in [-0.2, -0.15) is 0 Å². The van der Waals surface area contributed by atoms with Crippen molar-refractivity contribution in [2.45, 2.75) is 76.3 Å². The van der Waals surface area contributed by atoms with Gasteiger partial charge in [0.2, 0.25) is 0 Å². The number of carbonyl (C=O) groups is 2. The average molecular weight is 401 g/mol. The molecule has 2 atom stereocenters. The highest BCUT2D eigenvalue weighted by Gasteiger charge is 2.26. The van der Waals surface area contributed by atoms with Crippen LogP contribution in [0.5, 0.6) is 0 Å². The van der Waals surface area contributed by atoms with Crippen molar-refractivity contribution >= 4 is 36.8 Å². The number of carboxylic acid groups (broad SMARTS) is 1. The number of rotatable bonds is 4. The number of methoxy groups -OCH3 is 1. The second-order valence-electron chi connectivity index (χ2n) is 6.71. The summed E-state index contributed by atoms with van der Waals surface area (Å²) in [7, 11) is 1.39. The average Bonchev–Trinajstić information content (AvgIpc) is 2.61. The molecule has 8 heteroatoms. The molecular weight excluding hydrogens is 367 g/mol. The van der Waals surface area contributed by atoms with E-state index in [1.807, 2.05) is 0 Å². The van der Waals surface area contributed by atoms with Crippen LogP contribution in [0.3, 0.4) is 0 Å². The Morgan fingerprint density at radius 3 is 1.52 bits per heavy atom. The van der Waals surface area contributed by atoms with Crippen LogP contribution < -0.4 is 11.5 Å². The van der Waals surface area contributed by atoms with Crippen molar-refractivity contribution < 1.29 is 19.4 Å². The van der Waals surface area contributed by atoms with Crippen LogP contribution in [0.1, 0.15) is 64.2 Å². The van der Waals surface area contributed by atoms with Gasteiger partial charge in [0.25, 0.3) is 0 Å². The monoisotopic (exact) mass is 400 g/mol. The van der Waals surface area contributed by atoms with Gasteiger partial charge in [0.15, 0.2) is 0 Å². The molecule has 0 aliphatic heterocycles. The van der Waals surface area contributed by atoms with Crippen LogP contribution in [0.4, 0.5) is 0 Å². The maximum absolute atomic E-state index is 11.1. The molecule has 2 fully saturated rings. The summed E-state index contributed by atoms with van der Waals surface area (Å²) in [5.41, 5.74) is 11.2. The third kappa shape index (κ3) is 9.64. The maximum Gasteiger partial charge on any atom is 0.322 e. The molecule has 2 rings (SSSR count). The minimum Gasteiger partial charge on any atom is -0.480 e. The number of hydrogen-bond acceptors (Lipinski definition) is 5. The van der Waals surface area contributed by atoms with Gasteiger partial charge in [0.1, 0.15) is 12.1 Å². The Labute approximate surface area is 163 Å². The summed E-state index contributed by atoms with van der Waals surface area (Å²) in [5.74, 6) is -0.536. The van der Waals surface area contributed by atoms with Gasteiger partial charge >= 0.3 is 11.9 Å². The first-order valence-electron chi connectivity index (χ1n) is 8.79. The second kappa shape index (κ2) is 14.6. The lowest BCUT2D eigenvalue weighted by Crippen LogP contribution is -2.39. The molecule has 0 aromatic heterocycles. The van der Waals surface area contributed by atoms with Gasteiger partial charge in [-0.1, -0.05) is 38.5 Å². The molecule has 5 N–H and O–H groups in total. The molecule has 2 aliphatic carbocycles.